The monoisotopic (exact) mass is 234 g/mol. The van der Waals surface area contributed by atoms with Gasteiger partial charge in [0.05, 0.1) is 0 Å². The Morgan fingerprint density at radius 1 is 0.882 bits per heavy atom. The van der Waals surface area contributed by atoms with Crippen LogP contribution in [0.4, 0.5) is 0 Å². The first-order valence-electron chi connectivity index (χ1n) is 7.40. The molecule has 1 aromatic carbocycles. The van der Waals surface area contributed by atoms with Gasteiger partial charge in [0.1, 0.15) is 0 Å². The molecule has 0 aromatic heterocycles. The van der Waals surface area contributed by atoms with Crippen molar-refractivity contribution >= 4 is 0 Å². The summed E-state index contributed by atoms with van der Waals surface area (Å²) in [5, 5.41) is 0. The van der Waals surface area contributed by atoms with Gasteiger partial charge in [0.25, 0.3) is 0 Å². The largest absolute Gasteiger partial charge is 0.0683 e. The minimum Gasteiger partial charge on any atom is -0.0683 e. The van der Waals surface area contributed by atoms with E-state index in [1.807, 2.05) is 13.8 Å². The second-order valence-electron chi connectivity index (χ2n) is 4.36. The van der Waals surface area contributed by atoms with Crippen LogP contribution in [0.3, 0.4) is 0 Å². The summed E-state index contributed by atoms with van der Waals surface area (Å²) in [6.07, 6.45) is 6.34. The van der Waals surface area contributed by atoms with E-state index in [1.54, 1.807) is 0 Å². The van der Waals surface area contributed by atoms with Gasteiger partial charge in [-0.3, -0.25) is 0 Å². The van der Waals surface area contributed by atoms with E-state index in [0.29, 0.717) is 0 Å². The first kappa shape index (κ1) is 16.2. The van der Waals surface area contributed by atoms with Gasteiger partial charge in [-0.15, -0.1) is 0 Å². The average molecular weight is 234 g/mol. The van der Waals surface area contributed by atoms with Crippen molar-refractivity contribution in [2.24, 2.45) is 0 Å². The molecule has 0 aliphatic rings. The first-order chi connectivity index (χ1) is 8.31. The molecular formula is C17H30. The number of aryl methyl sites for hydroxylation is 1. The van der Waals surface area contributed by atoms with Gasteiger partial charge >= 0.3 is 0 Å². The maximum atomic E-state index is 2.32. The summed E-state index contributed by atoms with van der Waals surface area (Å²) in [5.41, 5.74) is 3.01. The van der Waals surface area contributed by atoms with Gasteiger partial charge in [-0.05, 0) is 42.7 Å². The van der Waals surface area contributed by atoms with Crippen molar-refractivity contribution in [2.75, 3.05) is 0 Å². The molecule has 0 atom stereocenters. The lowest BCUT2D eigenvalue weighted by molar-refractivity contribution is 0.641. The first-order valence-corrected chi connectivity index (χ1v) is 7.40. The van der Waals surface area contributed by atoms with E-state index < -0.39 is 0 Å². The Bertz CT molecular complexity index is 254. The molecule has 0 bridgehead atoms. The van der Waals surface area contributed by atoms with Crippen LogP contribution >= 0.6 is 0 Å². The van der Waals surface area contributed by atoms with E-state index in [2.05, 4.69) is 45.0 Å². The van der Waals surface area contributed by atoms with Crippen molar-refractivity contribution in [3.8, 4) is 0 Å². The van der Waals surface area contributed by atoms with E-state index in [1.165, 1.54) is 43.2 Å². The summed E-state index contributed by atoms with van der Waals surface area (Å²) >= 11 is 0. The van der Waals surface area contributed by atoms with Gasteiger partial charge in [-0.2, -0.15) is 0 Å². The molecule has 0 N–H and O–H groups in total. The topological polar surface area (TPSA) is 0 Å². The molecule has 0 heteroatoms. The number of rotatable bonds is 6. The highest BCUT2D eigenvalue weighted by molar-refractivity contribution is 5.25. The van der Waals surface area contributed by atoms with Crippen LogP contribution in [0.15, 0.2) is 24.3 Å². The highest BCUT2D eigenvalue weighted by atomic mass is 14.1. The number of hydrogen-bond acceptors (Lipinski definition) is 0. The van der Waals surface area contributed by atoms with Crippen LogP contribution < -0.4 is 0 Å². The smallest absolute Gasteiger partial charge is 0.0167 e. The molecule has 0 radical (unpaired) electrons. The second-order valence-corrected chi connectivity index (χ2v) is 4.36. The zero-order valence-corrected chi connectivity index (χ0v) is 12.4. The molecule has 0 fully saturated rings. The van der Waals surface area contributed by atoms with Crippen LogP contribution in [-0.2, 0) is 6.42 Å². The summed E-state index contributed by atoms with van der Waals surface area (Å²) in [7, 11) is 0. The summed E-state index contributed by atoms with van der Waals surface area (Å²) in [6.45, 7) is 10.8. The predicted molar refractivity (Wildman–Crippen MR) is 79.7 cm³/mol. The third-order valence-electron chi connectivity index (χ3n) is 3.26. The van der Waals surface area contributed by atoms with Crippen LogP contribution in [0, 0.1) is 0 Å². The van der Waals surface area contributed by atoms with Crippen molar-refractivity contribution < 1.29 is 0 Å². The summed E-state index contributed by atoms with van der Waals surface area (Å²) in [4.78, 5) is 0. The van der Waals surface area contributed by atoms with Gasteiger partial charge in [0.2, 0.25) is 0 Å². The van der Waals surface area contributed by atoms with Crippen molar-refractivity contribution in [1.29, 1.82) is 0 Å². The van der Waals surface area contributed by atoms with Crippen molar-refractivity contribution in [3.63, 3.8) is 0 Å². The van der Waals surface area contributed by atoms with Crippen molar-refractivity contribution in [2.45, 2.75) is 72.6 Å². The quantitative estimate of drug-likeness (QED) is 0.569. The molecule has 1 rings (SSSR count). The average Bonchev–Trinajstić information content (AvgIpc) is 2.41. The number of benzene rings is 1. The Labute approximate surface area is 108 Å². The van der Waals surface area contributed by atoms with Gasteiger partial charge in [0, 0.05) is 0 Å². The molecule has 0 aliphatic carbocycles. The normalized spacial score (nSPS) is 10.0. The molecule has 0 amide bonds. The Balaban J connectivity index is 0.00000121. The Morgan fingerprint density at radius 2 is 1.41 bits per heavy atom. The molecule has 0 spiro atoms. The van der Waals surface area contributed by atoms with Crippen LogP contribution in [0.2, 0.25) is 0 Å². The van der Waals surface area contributed by atoms with E-state index in [0.717, 1.165) is 5.92 Å². The summed E-state index contributed by atoms with van der Waals surface area (Å²) in [6, 6.07) is 9.26. The molecule has 0 nitrogen and oxygen atoms in total. The molecule has 0 aliphatic heterocycles. The van der Waals surface area contributed by atoms with Gasteiger partial charge in [-0.1, -0.05) is 65.3 Å². The van der Waals surface area contributed by atoms with E-state index in [-0.39, 0.29) is 0 Å². The molecule has 0 saturated carbocycles. The van der Waals surface area contributed by atoms with Crippen LogP contribution in [0.25, 0.3) is 0 Å². The fourth-order valence-electron chi connectivity index (χ4n) is 2.10. The Hall–Kier alpha value is -0.780. The minimum atomic E-state index is 0.755. The van der Waals surface area contributed by atoms with Gasteiger partial charge < -0.3 is 0 Å². The van der Waals surface area contributed by atoms with Crippen LogP contribution in [0.5, 0.6) is 0 Å². The molecule has 0 unspecified atom stereocenters. The van der Waals surface area contributed by atoms with E-state index >= 15 is 0 Å². The summed E-state index contributed by atoms with van der Waals surface area (Å²) in [5.74, 6) is 0.755. The molecule has 17 heavy (non-hydrogen) atoms. The standard InChI is InChI=1S/C15H24.C2H6/c1-4-7-8-13-9-11-15(12-10-13)14(5-2)6-3;1-2/h9-12,14H,4-8H2,1-3H3;1-2H3. The molecule has 1 aromatic rings. The maximum absolute atomic E-state index is 2.32. The second kappa shape index (κ2) is 10.4. The third kappa shape index (κ3) is 5.91. The predicted octanol–water partition coefficient (Wildman–Crippen LogP) is 5.96. The molecular weight excluding hydrogens is 204 g/mol. The van der Waals surface area contributed by atoms with E-state index in [4.69, 9.17) is 0 Å². The van der Waals surface area contributed by atoms with Crippen LogP contribution in [0.1, 0.15) is 77.3 Å². The van der Waals surface area contributed by atoms with Gasteiger partial charge in [-0.25, -0.2) is 0 Å². The zero-order chi connectivity index (χ0) is 13.1. The highest BCUT2D eigenvalue weighted by Crippen LogP contribution is 2.23. The molecule has 98 valence electrons. The van der Waals surface area contributed by atoms with E-state index in [9.17, 15) is 0 Å². The third-order valence-corrected chi connectivity index (χ3v) is 3.26. The molecule has 0 heterocycles. The van der Waals surface area contributed by atoms with Crippen molar-refractivity contribution in [1.82, 2.24) is 0 Å². The van der Waals surface area contributed by atoms with Crippen LogP contribution in [-0.4, -0.2) is 0 Å². The Morgan fingerprint density at radius 3 is 1.82 bits per heavy atom. The lowest BCUT2D eigenvalue weighted by atomic mass is 9.93. The highest BCUT2D eigenvalue weighted by Gasteiger charge is 2.05. The zero-order valence-electron chi connectivity index (χ0n) is 12.4. The maximum Gasteiger partial charge on any atom is -0.0167 e. The lowest BCUT2D eigenvalue weighted by Gasteiger charge is -2.13. The number of unbranched alkanes of at least 4 members (excludes halogenated alkanes) is 1. The Kier molecular flexibility index (Phi) is 9.90. The fraction of sp³-hybridized carbons (Fsp3) is 0.647. The van der Waals surface area contributed by atoms with Gasteiger partial charge in [0.15, 0.2) is 0 Å². The fourth-order valence-corrected chi connectivity index (χ4v) is 2.10. The lowest BCUT2D eigenvalue weighted by Crippen LogP contribution is -1.95. The minimum absolute atomic E-state index is 0.755. The number of hydrogen-bond donors (Lipinski definition) is 0. The molecule has 0 saturated heterocycles. The summed E-state index contributed by atoms with van der Waals surface area (Å²) < 4.78 is 0. The van der Waals surface area contributed by atoms with Crippen molar-refractivity contribution in [3.05, 3.63) is 35.4 Å². The SMILES string of the molecule is CC.CCCCc1ccc(C(CC)CC)cc1.